The Bertz CT molecular complexity index is 619. The fraction of sp³-hybridized carbons (Fsp3) is 0.429. The van der Waals surface area contributed by atoms with Gasteiger partial charge >= 0.3 is 0 Å². The third-order valence-corrected chi connectivity index (χ3v) is 3.60. The van der Waals surface area contributed by atoms with E-state index in [2.05, 4.69) is 20.5 Å². The molecule has 2 aromatic rings. The quantitative estimate of drug-likeness (QED) is 0.895. The Labute approximate surface area is 146 Å². The highest BCUT2D eigenvalue weighted by Crippen LogP contribution is 2.20. The Morgan fingerprint density at radius 2 is 2.00 bits per heavy atom. The van der Waals surface area contributed by atoms with Crippen molar-refractivity contribution in [3.63, 3.8) is 0 Å². The molecule has 0 atom stereocenters. The topological polar surface area (TPSA) is 55.2 Å². The number of methoxy groups -OCH3 is 1. The summed E-state index contributed by atoms with van der Waals surface area (Å²) in [5.74, 6) is -0.179. The highest BCUT2D eigenvalue weighted by molar-refractivity contribution is 5.85. The van der Waals surface area contributed by atoms with Crippen molar-refractivity contribution in [1.82, 2.24) is 25.2 Å². The number of halogens is 3. The zero-order valence-corrected chi connectivity index (χ0v) is 14.4. The number of ether oxygens (including phenoxy) is 1. The summed E-state index contributed by atoms with van der Waals surface area (Å²) in [6.07, 6.45) is 1.73. The van der Waals surface area contributed by atoms with Crippen LogP contribution in [0.5, 0.6) is 5.75 Å². The largest absolute Gasteiger partial charge is 0.494 e. The zero-order valence-electron chi connectivity index (χ0n) is 12.7. The number of nitrogens with zero attached hydrogens (tertiary/aromatic N) is 4. The van der Waals surface area contributed by atoms with E-state index in [-0.39, 0.29) is 30.6 Å². The smallest absolute Gasteiger partial charge is 0.167 e. The van der Waals surface area contributed by atoms with Crippen LogP contribution >= 0.6 is 24.8 Å². The number of hydrogen-bond donors (Lipinski definition) is 1. The summed E-state index contributed by atoms with van der Waals surface area (Å²) in [5.41, 5.74) is 1.59. The van der Waals surface area contributed by atoms with Gasteiger partial charge in [-0.3, -0.25) is 4.90 Å². The van der Waals surface area contributed by atoms with Crippen molar-refractivity contribution in [3.05, 3.63) is 35.9 Å². The van der Waals surface area contributed by atoms with E-state index in [9.17, 15) is 4.39 Å². The second kappa shape index (κ2) is 9.02. The van der Waals surface area contributed by atoms with E-state index in [0.717, 1.165) is 38.4 Å². The number of rotatable bonds is 4. The van der Waals surface area contributed by atoms with Crippen LogP contribution in [0.15, 0.2) is 24.4 Å². The Morgan fingerprint density at radius 3 is 2.65 bits per heavy atom. The van der Waals surface area contributed by atoms with E-state index in [1.807, 2.05) is 0 Å². The fourth-order valence-electron chi connectivity index (χ4n) is 2.47. The molecule has 0 bridgehead atoms. The molecule has 0 radical (unpaired) electrons. The van der Waals surface area contributed by atoms with Crippen LogP contribution in [-0.2, 0) is 6.54 Å². The molecular formula is C14H20Cl2FN5O. The highest BCUT2D eigenvalue weighted by atomic mass is 35.5. The Balaban J connectivity index is 0.00000132. The highest BCUT2D eigenvalue weighted by Gasteiger charge is 2.15. The summed E-state index contributed by atoms with van der Waals surface area (Å²) in [7, 11) is 1.45. The molecule has 1 saturated heterocycles. The van der Waals surface area contributed by atoms with Gasteiger partial charge in [-0.05, 0) is 12.1 Å². The second-order valence-electron chi connectivity index (χ2n) is 4.98. The van der Waals surface area contributed by atoms with Crippen molar-refractivity contribution in [3.8, 4) is 11.4 Å². The van der Waals surface area contributed by atoms with Gasteiger partial charge in [0.15, 0.2) is 11.6 Å². The van der Waals surface area contributed by atoms with Crippen LogP contribution in [0.25, 0.3) is 5.69 Å². The maximum Gasteiger partial charge on any atom is 0.167 e. The van der Waals surface area contributed by atoms with Gasteiger partial charge < -0.3 is 10.1 Å². The van der Waals surface area contributed by atoms with Gasteiger partial charge in [0.2, 0.25) is 0 Å². The SMILES string of the molecule is COc1ccc(-n2nncc2CN2CCNCC2)cc1F.Cl.Cl. The van der Waals surface area contributed by atoms with Crippen LogP contribution in [0.3, 0.4) is 0 Å². The Hall–Kier alpha value is -1.41. The summed E-state index contributed by atoms with van der Waals surface area (Å²) < 4.78 is 20.4. The molecule has 6 nitrogen and oxygen atoms in total. The third-order valence-electron chi connectivity index (χ3n) is 3.60. The summed E-state index contributed by atoms with van der Waals surface area (Å²) in [4.78, 5) is 2.32. The molecule has 23 heavy (non-hydrogen) atoms. The van der Waals surface area contributed by atoms with Gasteiger partial charge in [-0.1, -0.05) is 5.21 Å². The molecule has 0 spiro atoms. The average Bonchev–Trinajstić information content (AvgIpc) is 2.96. The number of aromatic nitrogens is 3. The monoisotopic (exact) mass is 363 g/mol. The molecule has 3 rings (SSSR count). The van der Waals surface area contributed by atoms with Gasteiger partial charge in [0.1, 0.15) is 0 Å². The number of piperazine rings is 1. The third kappa shape index (κ3) is 4.54. The first-order chi connectivity index (χ1) is 10.3. The first-order valence-electron chi connectivity index (χ1n) is 6.94. The van der Waals surface area contributed by atoms with Crippen LogP contribution in [0, 0.1) is 5.82 Å². The van der Waals surface area contributed by atoms with E-state index in [0.29, 0.717) is 5.69 Å². The Morgan fingerprint density at radius 1 is 1.26 bits per heavy atom. The van der Waals surface area contributed by atoms with E-state index in [1.54, 1.807) is 23.0 Å². The zero-order chi connectivity index (χ0) is 14.7. The van der Waals surface area contributed by atoms with E-state index < -0.39 is 5.82 Å². The lowest BCUT2D eigenvalue weighted by atomic mass is 10.2. The van der Waals surface area contributed by atoms with Crippen molar-refractivity contribution in [2.45, 2.75) is 6.54 Å². The average molecular weight is 364 g/mol. The summed E-state index contributed by atoms with van der Waals surface area (Å²) in [6, 6.07) is 4.79. The van der Waals surface area contributed by atoms with Crippen LogP contribution < -0.4 is 10.1 Å². The number of hydrogen-bond acceptors (Lipinski definition) is 5. The molecule has 128 valence electrons. The Kier molecular flexibility index (Phi) is 7.70. The molecule has 0 unspecified atom stereocenters. The molecule has 1 fully saturated rings. The van der Waals surface area contributed by atoms with Crippen LogP contribution in [0.1, 0.15) is 5.69 Å². The summed E-state index contributed by atoms with van der Waals surface area (Å²) in [5, 5.41) is 11.3. The van der Waals surface area contributed by atoms with Crippen LogP contribution in [-0.4, -0.2) is 53.2 Å². The predicted molar refractivity (Wildman–Crippen MR) is 90.5 cm³/mol. The van der Waals surface area contributed by atoms with E-state index in [1.165, 1.54) is 13.2 Å². The maximum absolute atomic E-state index is 13.8. The normalized spacial score (nSPS) is 14.7. The van der Waals surface area contributed by atoms with Crippen molar-refractivity contribution >= 4 is 24.8 Å². The number of benzene rings is 1. The van der Waals surface area contributed by atoms with Gasteiger partial charge in [-0.2, -0.15) is 0 Å². The maximum atomic E-state index is 13.8. The lowest BCUT2D eigenvalue weighted by Gasteiger charge is -2.26. The molecule has 1 aromatic heterocycles. The van der Waals surface area contributed by atoms with Gasteiger partial charge in [0.05, 0.1) is 24.7 Å². The van der Waals surface area contributed by atoms with E-state index >= 15 is 0 Å². The fourth-order valence-corrected chi connectivity index (χ4v) is 2.47. The van der Waals surface area contributed by atoms with Crippen molar-refractivity contribution in [2.24, 2.45) is 0 Å². The molecule has 0 amide bonds. The minimum atomic E-state index is -0.404. The van der Waals surface area contributed by atoms with Crippen molar-refractivity contribution in [2.75, 3.05) is 33.3 Å². The molecule has 0 saturated carbocycles. The number of nitrogens with one attached hydrogen (secondary N) is 1. The molecular weight excluding hydrogens is 344 g/mol. The second-order valence-corrected chi connectivity index (χ2v) is 4.98. The van der Waals surface area contributed by atoms with E-state index in [4.69, 9.17) is 4.74 Å². The molecule has 1 N–H and O–H groups in total. The van der Waals surface area contributed by atoms with Gasteiger partial charge in [0, 0.05) is 38.8 Å². The van der Waals surface area contributed by atoms with Crippen LogP contribution in [0.4, 0.5) is 4.39 Å². The minimum absolute atomic E-state index is 0. The molecule has 1 aliphatic rings. The standard InChI is InChI=1S/C14H18FN5O.2ClH/c1-21-14-3-2-11(8-13(14)15)20-12(9-17-18-20)10-19-6-4-16-5-7-19;;/h2-3,8-9,16H,4-7,10H2,1H3;2*1H. The van der Waals surface area contributed by atoms with Gasteiger partial charge in [0.25, 0.3) is 0 Å². The lowest BCUT2D eigenvalue weighted by molar-refractivity contribution is 0.229. The van der Waals surface area contributed by atoms with Crippen LogP contribution in [0.2, 0.25) is 0 Å². The first kappa shape index (κ1) is 19.6. The summed E-state index contributed by atoms with van der Waals surface area (Å²) in [6.45, 7) is 4.70. The molecule has 9 heteroatoms. The predicted octanol–water partition coefficient (Wildman–Crippen LogP) is 1.66. The lowest BCUT2D eigenvalue weighted by Crippen LogP contribution is -2.43. The van der Waals surface area contributed by atoms with Gasteiger partial charge in [-0.25, -0.2) is 9.07 Å². The molecule has 0 aliphatic carbocycles. The van der Waals surface area contributed by atoms with Crippen molar-refractivity contribution < 1.29 is 9.13 Å². The van der Waals surface area contributed by atoms with Gasteiger partial charge in [-0.15, -0.1) is 29.9 Å². The molecule has 2 heterocycles. The molecule has 1 aliphatic heterocycles. The summed E-state index contributed by atoms with van der Waals surface area (Å²) >= 11 is 0. The first-order valence-corrected chi connectivity index (χ1v) is 6.94. The molecule has 1 aromatic carbocycles. The van der Waals surface area contributed by atoms with Crippen molar-refractivity contribution in [1.29, 1.82) is 0 Å². The minimum Gasteiger partial charge on any atom is -0.494 e.